The molecule has 0 nitrogen and oxygen atoms in total. The summed E-state index contributed by atoms with van der Waals surface area (Å²) in [6.07, 6.45) is 3.72. The molecule has 0 aliphatic rings. The summed E-state index contributed by atoms with van der Waals surface area (Å²) < 4.78 is 0. The van der Waals surface area contributed by atoms with E-state index in [9.17, 15) is 0 Å². The first-order valence-corrected chi connectivity index (χ1v) is 4.25. The molecule has 0 amide bonds. The highest BCUT2D eigenvalue weighted by molar-refractivity contribution is 6.33. The molecule has 0 unspecified atom stereocenters. The Hall–Kier alpha value is -0.715. The predicted molar refractivity (Wildman–Crippen MR) is 51.2 cm³/mol. The lowest BCUT2D eigenvalue weighted by molar-refractivity contribution is 0.915. The summed E-state index contributed by atoms with van der Waals surface area (Å²) in [6, 6.07) is 10.6. The largest absolute Gasteiger partial charge is 0.105 e. The molecule has 57 valence electrons. The lowest BCUT2D eigenvalue weighted by Gasteiger charge is -1.97. The molecule has 0 heterocycles. The Morgan fingerprint density at radius 3 is 2.55 bits per heavy atom. The fourth-order valence-electron chi connectivity index (χ4n) is 1.15. The van der Waals surface area contributed by atoms with Gasteiger partial charge in [-0.25, -0.2) is 0 Å². The summed E-state index contributed by atoms with van der Waals surface area (Å²) in [5.41, 5.74) is 1.45. The van der Waals surface area contributed by atoms with E-state index >= 15 is 0 Å². The van der Waals surface area contributed by atoms with Crippen LogP contribution in [0.4, 0.5) is 0 Å². The predicted octanol–water partition coefficient (Wildman–Crippen LogP) is 2.79. The van der Waals surface area contributed by atoms with E-state index < -0.39 is 0 Å². The maximum Gasteiger partial charge on any atom is 0.105 e. The summed E-state index contributed by atoms with van der Waals surface area (Å²) in [5, 5.41) is 0. The Morgan fingerprint density at radius 2 is 1.91 bits per heavy atom. The Morgan fingerprint density at radius 1 is 1.18 bits per heavy atom. The minimum Gasteiger partial charge on any atom is -0.0920 e. The van der Waals surface area contributed by atoms with Gasteiger partial charge < -0.3 is 0 Å². The third kappa shape index (κ3) is 3.27. The molecule has 0 aliphatic heterocycles. The van der Waals surface area contributed by atoms with Crippen LogP contribution in [0.25, 0.3) is 0 Å². The standard InChI is InChI=1S/C10H14B/c1-11-9-5-8-10-6-3-2-4-7-10/h2-4,6-7H,5,8-9H2,1H3. The van der Waals surface area contributed by atoms with Gasteiger partial charge in [0, 0.05) is 0 Å². The zero-order valence-electron chi connectivity index (χ0n) is 7.09. The van der Waals surface area contributed by atoms with E-state index in [2.05, 4.69) is 44.4 Å². The molecule has 0 bridgehead atoms. The second-order valence-corrected chi connectivity index (χ2v) is 2.79. The Labute approximate surface area is 69.9 Å². The van der Waals surface area contributed by atoms with E-state index in [-0.39, 0.29) is 0 Å². The lowest BCUT2D eigenvalue weighted by atomic mass is 9.76. The number of rotatable bonds is 4. The molecule has 1 aromatic rings. The molecule has 0 atom stereocenters. The first kappa shape index (κ1) is 8.38. The monoisotopic (exact) mass is 145 g/mol. The molecule has 0 fully saturated rings. The van der Waals surface area contributed by atoms with Crippen molar-refractivity contribution in [3.05, 3.63) is 35.9 Å². The molecule has 1 aromatic carbocycles. The van der Waals surface area contributed by atoms with Crippen molar-refractivity contribution in [3.8, 4) is 0 Å². The van der Waals surface area contributed by atoms with Crippen LogP contribution in [-0.4, -0.2) is 7.28 Å². The van der Waals surface area contributed by atoms with Crippen molar-refractivity contribution in [1.29, 1.82) is 0 Å². The van der Waals surface area contributed by atoms with Crippen LogP contribution in [0.1, 0.15) is 12.0 Å². The molecule has 1 radical (unpaired) electrons. The van der Waals surface area contributed by atoms with Crippen molar-refractivity contribution in [1.82, 2.24) is 0 Å². The maximum absolute atomic E-state index is 2.23. The molecular formula is C10H14B. The second-order valence-electron chi connectivity index (χ2n) is 2.79. The Balaban J connectivity index is 2.28. The van der Waals surface area contributed by atoms with Crippen LogP contribution in [0.2, 0.25) is 13.1 Å². The van der Waals surface area contributed by atoms with Gasteiger partial charge >= 0.3 is 0 Å². The van der Waals surface area contributed by atoms with Crippen molar-refractivity contribution in [2.24, 2.45) is 0 Å². The quantitative estimate of drug-likeness (QED) is 0.451. The molecule has 0 N–H and O–H groups in total. The Bertz CT molecular complexity index is 181. The van der Waals surface area contributed by atoms with Crippen molar-refractivity contribution in [3.63, 3.8) is 0 Å². The van der Waals surface area contributed by atoms with E-state index in [0.29, 0.717) is 0 Å². The van der Waals surface area contributed by atoms with Crippen LogP contribution >= 0.6 is 0 Å². The van der Waals surface area contributed by atoms with Gasteiger partial charge in [0.25, 0.3) is 0 Å². The third-order valence-corrected chi connectivity index (χ3v) is 1.80. The van der Waals surface area contributed by atoms with Gasteiger partial charge in [-0.3, -0.25) is 0 Å². The van der Waals surface area contributed by atoms with Gasteiger partial charge in [0.1, 0.15) is 7.28 Å². The van der Waals surface area contributed by atoms with Gasteiger partial charge in [-0.2, -0.15) is 0 Å². The molecule has 11 heavy (non-hydrogen) atoms. The van der Waals surface area contributed by atoms with Gasteiger partial charge in [-0.05, 0) is 12.0 Å². The van der Waals surface area contributed by atoms with Crippen LogP contribution in [-0.2, 0) is 6.42 Å². The first-order chi connectivity index (χ1) is 5.43. The van der Waals surface area contributed by atoms with Crippen LogP contribution in [0.5, 0.6) is 0 Å². The van der Waals surface area contributed by atoms with Crippen LogP contribution in [0, 0.1) is 0 Å². The minimum atomic E-state index is 1.21. The first-order valence-electron chi connectivity index (χ1n) is 4.25. The summed E-state index contributed by atoms with van der Waals surface area (Å²) in [6.45, 7) is 2.12. The highest BCUT2D eigenvalue weighted by atomic mass is 13.9. The number of aryl methyl sites for hydroxylation is 1. The van der Waals surface area contributed by atoms with E-state index in [1.165, 1.54) is 24.7 Å². The normalized spacial score (nSPS) is 9.55. The third-order valence-electron chi connectivity index (χ3n) is 1.80. The SMILES string of the molecule is C[B]CCCc1ccccc1. The van der Waals surface area contributed by atoms with Gasteiger partial charge in [-0.15, -0.1) is 0 Å². The highest BCUT2D eigenvalue weighted by Crippen LogP contribution is 2.03. The minimum absolute atomic E-state index is 1.21. The number of hydrogen-bond donors (Lipinski definition) is 0. The van der Waals surface area contributed by atoms with Crippen LogP contribution in [0.3, 0.4) is 0 Å². The molecular weight excluding hydrogens is 131 g/mol. The zero-order valence-corrected chi connectivity index (χ0v) is 7.09. The molecule has 0 spiro atoms. The lowest BCUT2D eigenvalue weighted by Crippen LogP contribution is -1.86. The van der Waals surface area contributed by atoms with Gasteiger partial charge in [-0.1, -0.05) is 49.9 Å². The smallest absolute Gasteiger partial charge is 0.0920 e. The second kappa shape index (κ2) is 5.00. The van der Waals surface area contributed by atoms with E-state index in [4.69, 9.17) is 0 Å². The fraction of sp³-hybridized carbons (Fsp3) is 0.400. The molecule has 0 aliphatic carbocycles. The average molecular weight is 145 g/mol. The summed E-state index contributed by atoms with van der Waals surface area (Å²) >= 11 is 0. The van der Waals surface area contributed by atoms with Crippen molar-refractivity contribution in [2.75, 3.05) is 0 Å². The fourth-order valence-corrected chi connectivity index (χ4v) is 1.15. The van der Waals surface area contributed by atoms with Crippen LogP contribution < -0.4 is 0 Å². The highest BCUT2D eigenvalue weighted by Gasteiger charge is 1.89. The molecule has 0 saturated heterocycles. The van der Waals surface area contributed by atoms with E-state index in [1.807, 2.05) is 0 Å². The Kier molecular flexibility index (Phi) is 3.81. The number of benzene rings is 1. The van der Waals surface area contributed by atoms with Gasteiger partial charge in [0.05, 0.1) is 0 Å². The van der Waals surface area contributed by atoms with Crippen molar-refractivity contribution < 1.29 is 0 Å². The van der Waals surface area contributed by atoms with Crippen molar-refractivity contribution in [2.45, 2.75) is 26.0 Å². The molecule has 0 aromatic heterocycles. The number of hydrogen-bond acceptors (Lipinski definition) is 0. The topological polar surface area (TPSA) is 0 Å². The zero-order chi connectivity index (χ0) is 7.94. The van der Waals surface area contributed by atoms with E-state index in [1.54, 1.807) is 0 Å². The summed E-state index contributed by atoms with van der Waals surface area (Å²) in [7, 11) is 2.23. The molecule has 1 heteroatoms. The summed E-state index contributed by atoms with van der Waals surface area (Å²) in [5.74, 6) is 0. The summed E-state index contributed by atoms with van der Waals surface area (Å²) in [4.78, 5) is 0. The molecule has 0 saturated carbocycles. The van der Waals surface area contributed by atoms with Gasteiger partial charge in [0.15, 0.2) is 0 Å². The maximum atomic E-state index is 2.23. The van der Waals surface area contributed by atoms with E-state index in [0.717, 1.165) is 0 Å². The molecule has 1 rings (SSSR count). The van der Waals surface area contributed by atoms with Gasteiger partial charge in [0.2, 0.25) is 0 Å². The average Bonchev–Trinajstić information content (AvgIpc) is 2.07. The van der Waals surface area contributed by atoms with Crippen LogP contribution in [0.15, 0.2) is 30.3 Å². The van der Waals surface area contributed by atoms with Crippen molar-refractivity contribution >= 4 is 7.28 Å².